The standard InChI is InChI=1S/C66H120NO8P/c1-6-8-10-12-14-16-18-20-22-24-25-26-27-28-29-30-31-32-33-34-35-36-37-38-39-40-41-43-45-47-49-51-53-55-57-59-66(69)75-64(63-74-76(70,71)73-61-60-67(3,4)5)62-72-65(68)58-56-54-52-50-48-46-44-42-23-21-19-17-15-13-11-9-7-2/h8,10,14,16,20-23,25-26,28-29,64H,6-7,9,11-13,15,17-19,24,27,30-63H2,1-5H3/b10-8-,16-14-,22-20-,23-21-,26-25-,29-28-. The quantitative estimate of drug-likeness (QED) is 0.0195. The van der Waals surface area contributed by atoms with Crippen molar-refractivity contribution in [1.82, 2.24) is 0 Å². The Morgan fingerprint density at radius 3 is 1.13 bits per heavy atom. The van der Waals surface area contributed by atoms with Crippen molar-refractivity contribution in [1.29, 1.82) is 0 Å². The van der Waals surface area contributed by atoms with Crippen LogP contribution in [0.25, 0.3) is 0 Å². The van der Waals surface area contributed by atoms with Crippen molar-refractivity contribution in [2.45, 2.75) is 290 Å². The van der Waals surface area contributed by atoms with Gasteiger partial charge in [-0.2, -0.15) is 0 Å². The SMILES string of the molecule is CC/C=C\C/C=C\C/C=C\C/C=C\C/C=C\CCCCCCCCCCCCCCCCCCCCCC(=O)OC(COC(=O)CCCCCCCCC/C=C\CCCCCCCC)COP(=O)([O-])OCC[N+](C)(C)C. The molecule has 0 aromatic heterocycles. The van der Waals surface area contributed by atoms with Crippen LogP contribution >= 0.6 is 7.82 Å². The second kappa shape index (κ2) is 57.1. The monoisotopic (exact) mass is 1090 g/mol. The number of unbranched alkanes of at least 4 members (excludes halogenated alkanes) is 32. The van der Waals surface area contributed by atoms with Crippen LogP contribution in [0.3, 0.4) is 0 Å². The number of rotatable bonds is 58. The van der Waals surface area contributed by atoms with Crippen LogP contribution in [0.5, 0.6) is 0 Å². The van der Waals surface area contributed by atoms with Gasteiger partial charge in [-0.3, -0.25) is 14.2 Å². The molecular weight excluding hydrogens is 966 g/mol. The van der Waals surface area contributed by atoms with Crippen molar-refractivity contribution < 1.29 is 42.1 Å². The van der Waals surface area contributed by atoms with Gasteiger partial charge < -0.3 is 27.9 Å². The molecule has 0 bridgehead atoms. The average molecular weight is 1090 g/mol. The van der Waals surface area contributed by atoms with Crippen LogP contribution in [0.15, 0.2) is 72.9 Å². The highest BCUT2D eigenvalue weighted by atomic mass is 31.2. The lowest BCUT2D eigenvalue weighted by molar-refractivity contribution is -0.870. The Balaban J connectivity index is 4.01. The smallest absolute Gasteiger partial charge is 0.306 e. The third kappa shape index (κ3) is 60.7. The molecule has 0 aliphatic rings. The Bertz CT molecular complexity index is 1510. The molecule has 442 valence electrons. The van der Waals surface area contributed by atoms with Crippen molar-refractivity contribution in [2.75, 3.05) is 47.5 Å². The fraction of sp³-hybridized carbons (Fsp3) is 0.788. The summed E-state index contributed by atoms with van der Waals surface area (Å²) in [6.07, 6.45) is 75.4. The molecule has 9 nitrogen and oxygen atoms in total. The molecule has 0 spiro atoms. The van der Waals surface area contributed by atoms with E-state index in [1.54, 1.807) is 0 Å². The van der Waals surface area contributed by atoms with Gasteiger partial charge in [-0.1, -0.05) is 260 Å². The minimum absolute atomic E-state index is 0.0315. The van der Waals surface area contributed by atoms with Crippen LogP contribution < -0.4 is 4.89 Å². The highest BCUT2D eigenvalue weighted by molar-refractivity contribution is 7.45. The topological polar surface area (TPSA) is 111 Å². The van der Waals surface area contributed by atoms with Gasteiger partial charge in [0.25, 0.3) is 7.82 Å². The fourth-order valence-electron chi connectivity index (χ4n) is 8.86. The molecular formula is C66H120NO8P. The minimum atomic E-state index is -4.64. The van der Waals surface area contributed by atoms with Crippen LogP contribution in [0.1, 0.15) is 284 Å². The van der Waals surface area contributed by atoms with Gasteiger partial charge in [-0.15, -0.1) is 0 Å². The van der Waals surface area contributed by atoms with Crippen LogP contribution in [-0.4, -0.2) is 70.0 Å². The molecule has 0 fully saturated rings. The Morgan fingerprint density at radius 2 is 0.750 bits per heavy atom. The van der Waals surface area contributed by atoms with Gasteiger partial charge in [0.2, 0.25) is 0 Å². The molecule has 0 rings (SSSR count). The van der Waals surface area contributed by atoms with E-state index in [1.165, 1.54) is 167 Å². The lowest BCUT2D eigenvalue weighted by Gasteiger charge is -2.28. The summed E-state index contributed by atoms with van der Waals surface area (Å²) in [7, 11) is 1.17. The van der Waals surface area contributed by atoms with Crippen LogP contribution in [0, 0.1) is 0 Å². The number of carbonyl (C=O) groups is 2. The van der Waals surface area contributed by atoms with E-state index < -0.39 is 26.5 Å². The van der Waals surface area contributed by atoms with Crippen molar-refractivity contribution in [3.63, 3.8) is 0 Å². The maximum absolute atomic E-state index is 12.8. The first-order chi connectivity index (χ1) is 37.0. The fourth-order valence-corrected chi connectivity index (χ4v) is 9.58. The zero-order chi connectivity index (χ0) is 55.6. The average Bonchev–Trinajstić information content (AvgIpc) is 3.38. The number of nitrogens with zero attached hydrogens (tertiary/aromatic N) is 1. The van der Waals surface area contributed by atoms with Gasteiger partial charge in [0, 0.05) is 12.8 Å². The summed E-state index contributed by atoms with van der Waals surface area (Å²) in [4.78, 5) is 37.9. The van der Waals surface area contributed by atoms with E-state index >= 15 is 0 Å². The summed E-state index contributed by atoms with van der Waals surface area (Å²) in [5.41, 5.74) is 0. The molecule has 2 unspecified atom stereocenters. The third-order valence-electron chi connectivity index (χ3n) is 13.7. The van der Waals surface area contributed by atoms with Gasteiger partial charge >= 0.3 is 11.9 Å². The Labute approximate surface area is 469 Å². The number of likely N-dealkylation sites (N-methyl/N-ethyl adjacent to an activating group) is 1. The number of phosphoric ester groups is 1. The van der Waals surface area contributed by atoms with E-state index in [0.717, 1.165) is 83.5 Å². The van der Waals surface area contributed by atoms with Crippen LogP contribution in [0.2, 0.25) is 0 Å². The molecule has 76 heavy (non-hydrogen) atoms. The zero-order valence-corrected chi connectivity index (χ0v) is 51.1. The molecule has 0 aliphatic carbocycles. The van der Waals surface area contributed by atoms with E-state index in [9.17, 15) is 19.0 Å². The zero-order valence-electron chi connectivity index (χ0n) is 50.2. The summed E-state index contributed by atoms with van der Waals surface area (Å²) in [6, 6.07) is 0. The predicted octanol–water partition coefficient (Wildman–Crippen LogP) is 19.4. The van der Waals surface area contributed by atoms with Crippen molar-refractivity contribution >= 4 is 19.8 Å². The maximum atomic E-state index is 12.8. The summed E-state index contributed by atoms with van der Waals surface area (Å²) in [5.74, 6) is -0.829. The van der Waals surface area contributed by atoms with E-state index in [-0.39, 0.29) is 32.0 Å². The van der Waals surface area contributed by atoms with Gasteiger partial charge in [-0.05, 0) is 83.5 Å². The first-order valence-electron chi connectivity index (χ1n) is 31.6. The maximum Gasteiger partial charge on any atom is 0.306 e. The summed E-state index contributed by atoms with van der Waals surface area (Å²) in [5, 5.41) is 0. The Kier molecular flexibility index (Phi) is 55.2. The van der Waals surface area contributed by atoms with Crippen LogP contribution in [0.4, 0.5) is 0 Å². The summed E-state index contributed by atoms with van der Waals surface area (Å²) < 4.78 is 34.2. The summed E-state index contributed by atoms with van der Waals surface area (Å²) in [6.45, 7) is 4.14. The molecule has 0 radical (unpaired) electrons. The second-order valence-electron chi connectivity index (χ2n) is 22.4. The Hall–Kier alpha value is -2.55. The number of ether oxygens (including phenoxy) is 2. The predicted molar refractivity (Wildman–Crippen MR) is 323 cm³/mol. The minimum Gasteiger partial charge on any atom is -0.756 e. The molecule has 0 saturated heterocycles. The first kappa shape index (κ1) is 73.5. The number of hydrogen-bond donors (Lipinski definition) is 0. The normalized spacial score (nSPS) is 13.7. The molecule has 2 atom stereocenters. The van der Waals surface area contributed by atoms with Crippen molar-refractivity contribution in [2.24, 2.45) is 0 Å². The van der Waals surface area contributed by atoms with E-state index in [0.29, 0.717) is 17.4 Å². The molecule has 0 aromatic rings. The molecule has 0 N–H and O–H groups in total. The number of esters is 2. The highest BCUT2D eigenvalue weighted by Gasteiger charge is 2.22. The van der Waals surface area contributed by atoms with E-state index in [2.05, 4.69) is 86.8 Å². The molecule has 10 heteroatoms. The lowest BCUT2D eigenvalue weighted by Crippen LogP contribution is -2.37. The summed E-state index contributed by atoms with van der Waals surface area (Å²) >= 11 is 0. The number of allylic oxidation sites excluding steroid dienone is 12. The van der Waals surface area contributed by atoms with E-state index in [4.69, 9.17) is 18.5 Å². The van der Waals surface area contributed by atoms with Gasteiger partial charge in [-0.25, -0.2) is 0 Å². The first-order valence-corrected chi connectivity index (χ1v) is 33.1. The van der Waals surface area contributed by atoms with Gasteiger partial charge in [0.05, 0.1) is 27.7 Å². The highest BCUT2D eigenvalue weighted by Crippen LogP contribution is 2.38. The van der Waals surface area contributed by atoms with Crippen LogP contribution in [-0.2, 0) is 32.7 Å². The molecule has 0 aromatic carbocycles. The van der Waals surface area contributed by atoms with Crippen molar-refractivity contribution in [3.8, 4) is 0 Å². The number of quaternary nitrogens is 1. The molecule has 0 saturated carbocycles. The van der Waals surface area contributed by atoms with Gasteiger partial charge in [0.15, 0.2) is 6.10 Å². The lowest BCUT2D eigenvalue weighted by atomic mass is 10.0. The number of hydrogen-bond acceptors (Lipinski definition) is 8. The largest absolute Gasteiger partial charge is 0.756 e. The second-order valence-corrected chi connectivity index (χ2v) is 23.8. The van der Waals surface area contributed by atoms with Gasteiger partial charge in [0.1, 0.15) is 19.8 Å². The van der Waals surface area contributed by atoms with Crippen molar-refractivity contribution in [3.05, 3.63) is 72.9 Å². The molecule has 0 amide bonds. The third-order valence-corrected chi connectivity index (χ3v) is 14.7. The van der Waals surface area contributed by atoms with E-state index in [1.807, 2.05) is 21.1 Å². The number of carbonyl (C=O) groups excluding carboxylic acids is 2. The molecule has 0 aliphatic heterocycles. The Morgan fingerprint density at radius 1 is 0.421 bits per heavy atom. The number of phosphoric acid groups is 1. The molecule has 0 heterocycles.